The van der Waals surface area contributed by atoms with Crippen LogP contribution in [0.3, 0.4) is 0 Å². The third kappa shape index (κ3) is 6.78. The highest BCUT2D eigenvalue weighted by Crippen LogP contribution is 2.22. The molecule has 1 aromatic heterocycles. The Morgan fingerprint density at radius 3 is 2.15 bits per heavy atom. The molecule has 27 heavy (non-hydrogen) atoms. The van der Waals surface area contributed by atoms with Gasteiger partial charge in [0.05, 0.1) is 17.1 Å². The molecule has 12 heteroatoms. The number of aliphatic carboxylic acids is 1. The van der Waals surface area contributed by atoms with Gasteiger partial charge >= 0.3 is 12.1 Å². The molecule has 1 amide bonds. The van der Waals surface area contributed by atoms with Gasteiger partial charge in [0, 0.05) is 16.2 Å². The molecule has 0 atom stereocenters. The topological polar surface area (TPSA) is 109 Å². The summed E-state index contributed by atoms with van der Waals surface area (Å²) in [5.41, 5.74) is 6.02. The number of carbonyl (C=O) groups is 2. The molecule has 4 N–H and O–H groups in total. The van der Waals surface area contributed by atoms with Crippen LogP contribution in [-0.2, 0) is 11.3 Å². The molecule has 6 nitrogen and oxygen atoms in total. The van der Waals surface area contributed by atoms with E-state index in [1.165, 1.54) is 10.6 Å². The first-order valence-electron chi connectivity index (χ1n) is 6.81. The van der Waals surface area contributed by atoms with E-state index in [0.717, 1.165) is 5.56 Å². The molecule has 0 aliphatic carbocycles. The Morgan fingerprint density at radius 1 is 1.15 bits per heavy atom. The Hall–Kier alpha value is -2.23. The number of nitrogens with one attached hydrogen (secondary N) is 1. The zero-order valence-corrected chi connectivity index (χ0v) is 15.4. The Balaban J connectivity index is 0.000000445. The first kappa shape index (κ1) is 22.8. The predicted molar refractivity (Wildman–Crippen MR) is 93.1 cm³/mol. The van der Waals surface area contributed by atoms with Crippen molar-refractivity contribution in [2.75, 3.05) is 0 Å². The Labute approximate surface area is 165 Å². The van der Waals surface area contributed by atoms with Gasteiger partial charge in [-0.05, 0) is 23.8 Å². The van der Waals surface area contributed by atoms with Crippen LogP contribution in [0.15, 0.2) is 30.5 Å². The number of primary amides is 1. The third-order valence-corrected chi connectivity index (χ3v) is 3.76. The lowest BCUT2D eigenvalue weighted by Crippen LogP contribution is -2.29. The van der Waals surface area contributed by atoms with Crippen molar-refractivity contribution >= 4 is 46.7 Å². The maximum absolute atomic E-state index is 11.3. The highest BCUT2D eigenvalue weighted by atomic mass is 35.5. The van der Waals surface area contributed by atoms with E-state index in [-0.39, 0.29) is 17.6 Å². The van der Waals surface area contributed by atoms with Crippen molar-refractivity contribution in [1.29, 1.82) is 5.41 Å². The summed E-state index contributed by atoms with van der Waals surface area (Å²) in [4.78, 5) is 20.2. The lowest BCUT2D eigenvalue weighted by atomic mass is 10.2. The molecule has 2 aromatic rings. The lowest BCUT2D eigenvalue weighted by molar-refractivity contribution is -0.192. The summed E-state index contributed by atoms with van der Waals surface area (Å²) in [7, 11) is 0. The van der Waals surface area contributed by atoms with Crippen molar-refractivity contribution in [2.24, 2.45) is 5.73 Å². The van der Waals surface area contributed by atoms with Gasteiger partial charge in [-0.3, -0.25) is 10.2 Å². The summed E-state index contributed by atoms with van der Waals surface area (Å²) < 4.78 is 33.2. The summed E-state index contributed by atoms with van der Waals surface area (Å²) >= 11 is 17.9. The molecule has 2 rings (SSSR count). The maximum Gasteiger partial charge on any atom is 0.490 e. The van der Waals surface area contributed by atoms with Crippen LogP contribution < -0.4 is 11.2 Å². The molecule has 0 fully saturated rings. The number of carboxylic acid groups (broad SMARTS) is 1. The molecule has 0 aliphatic heterocycles. The van der Waals surface area contributed by atoms with Gasteiger partial charge in [-0.1, -0.05) is 40.9 Å². The van der Waals surface area contributed by atoms with Gasteiger partial charge in [0.15, 0.2) is 0 Å². The van der Waals surface area contributed by atoms with Gasteiger partial charge in [0.25, 0.3) is 5.91 Å². The van der Waals surface area contributed by atoms with Crippen LogP contribution in [0.25, 0.3) is 0 Å². The minimum Gasteiger partial charge on any atom is -0.475 e. The fraction of sp³-hybridized carbons (Fsp3) is 0.133. The fourth-order valence-corrected chi connectivity index (χ4v) is 2.45. The van der Waals surface area contributed by atoms with Gasteiger partial charge in [-0.2, -0.15) is 13.2 Å². The smallest absolute Gasteiger partial charge is 0.475 e. The number of carboxylic acids is 1. The number of hydrogen-bond acceptors (Lipinski definition) is 3. The second-order valence-electron chi connectivity index (χ2n) is 4.95. The minimum atomic E-state index is -5.08. The molecular weight excluding hydrogens is 434 g/mol. The quantitative estimate of drug-likeness (QED) is 0.671. The molecule has 1 heterocycles. The fourth-order valence-electron chi connectivity index (χ4n) is 1.76. The number of pyridine rings is 1. The molecular formula is C15H11Cl3F3N3O3. The van der Waals surface area contributed by atoms with E-state index in [4.69, 9.17) is 55.8 Å². The van der Waals surface area contributed by atoms with Crippen molar-refractivity contribution < 1.29 is 27.9 Å². The second kappa shape index (κ2) is 9.12. The number of amides is 1. The third-order valence-electron chi connectivity index (χ3n) is 2.97. The highest BCUT2D eigenvalue weighted by Gasteiger charge is 2.38. The Bertz CT molecular complexity index is 930. The molecule has 146 valence electrons. The standard InChI is InChI=1S/C13H10Cl3N3O.C2HF3O2/c14-8-2-1-7(11(16)4-8)5-19-6-9(15)3-10(12(19)17)13(18)20;3-2(4,5)1(6)7/h1-4,6,17H,5H2,(H2,18,20);(H,6,7). The number of rotatable bonds is 3. The summed E-state index contributed by atoms with van der Waals surface area (Å²) in [6, 6.07) is 6.43. The maximum atomic E-state index is 11.3. The number of nitrogens with zero attached hydrogens (tertiary/aromatic N) is 1. The monoisotopic (exact) mass is 443 g/mol. The number of aromatic nitrogens is 1. The number of hydrogen-bond donors (Lipinski definition) is 3. The Kier molecular flexibility index (Phi) is 7.70. The first-order valence-corrected chi connectivity index (χ1v) is 7.94. The number of carbonyl (C=O) groups excluding carboxylic acids is 1. The second-order valence-corrected chi connectivity index (χ2v) is 6.23. The van der Waals surface area contributed by atoms with E-state index in [1.807, 2.05) is 0 Å². The molecule has 0 saturated heterocycles. The molecule has 0 aliphatic rings. The van der Waals surface area contributed by atoms with Gasteiger partial charge < -0.3 is 15.4 Å². The summed E-state index contributed by atoms with van der Waals surface area (Å²) in [5.74, 6) is -3.46. The van der Waals surface area contributed by atoms with Crippen LogP contribution >= 0.6 is 34.8 Å². The van der Waals surface area contributed by atoms with Crippen LogP contribution in [-0.4, -0.2) is 27.7 Å². The van der Waals surface area contributed by atoms with E-state index in [9.17, 15) is 18.0 Å². The molecule has 1 aromatic carbocycles. The van der Waals surface area contributed by atoms with E-state index in [0.29, 0.717) is 15.1 Å². The number of alkyl halides is 3. The van der Waals surface area contributed by atoms with E-state index in [1.54, 1.807) is 24.4 Å². The van der Waals surface area contributed by atoms with Crippen LogP contribution in [0.1, 0.15) is 15.9 Å². The molecule has 0 radical (unpaired) electrons. The van der Waals surface area contributed by atoms with Crippen molar-refractivity contribution in [2.45, 2.75) is 12.7 Å². The zero-order chi connectivity index (χ0) is 20.9. The van der Waals surface area contributed by atoms with Gasteiger partial charge in [0.1, 0.15) is 5.49 Å². The first-order chi connectivity index (χ1) is 12.3. The van der Waals surface area contributed by atoms with E-state index in [2.05, 4.69) is 0 Å². The number of benzene rings is 1. The average Bonchev–Trinajstić information content (AvgIpc) is 2.52. The van der Waals surface area contributed by atoms with Crippen LogP contribution in [0.5, 0.6) is 0 Å². The predicted octanol–water partition coefficient (Wildman–Crippen LogP) is 3.71. The van der Waals surface area contributed by atoms with Gasteiger partial charge in [0.2, 0.25) is 0 Å². The van der Waals surface area contributed by atoms with Gasteiger partial charge in [-0.15, -0.1) is 0 Å². The van der Waals surface area contributed by atoms with Crippen LogP contribution in [0.2, 0.25) is 15.1 Å². The molecule has 0 unspecified atom stereocenters. The van der Waals surface area contributed by atoms with Crippen molar-refractivity contribution in [3.05, 3.63) is 62.1 Å². The zero-order valence-electron chi connectivity index (χ0n) is 13.1. The lowest BCUT2D eigenvalue weighted by Gasteiger charge is -2.11. The molecule has 0 saturated carbocycles. The van der Waals surface area contributed by atoms with E-state index < -0.39 is 18.1 Å². The Morgan fingerprint density at radius 2 is 1.70 bits per heavy atom. The summed E-state index contributed by atoms with van der Waals surface area (Å²) in [6.07, 6.45) is -3.54. The molecule has 0 spiro atoms. The van der Waals surface area contributed by atoms with E-state index >= 15 is 0 Å². The number of halogens is 6. The van der Waals surface area contributed by atoms with Crippen molar-refractivity contribution in [1.82, 2.24) is 4.57 Å². The van der Waals surface area contributed by atoms with Crippen molar-refractivity contribution in [3.63, 3.8) is 0 Å². The summed E-state index contributed by atoms with van der Waals surface area (Å²) in [5, 5.41) is 16.4. The summed E-state index contributed by atoms with van der Waals surface area (Å²) in [6.45, 7) is 0.287. The average molecular weight is 445 g/mol. The van der Waals surface area contributed by atoms with Crippen molar-refractivity contribution in [3.8, 4) is 0 Å². The van der Waals surface area contributed by atoms with Crippen LogP contribution in [0.4, 0.5) is 13.2 Å². The van der Waals surface area contributed by atoms with Gasteiger partial charge in [-0.25, -0.2) is 4.79 Å². The van der Waals surface area contributed by atoms with Crippen LogP contribution in [0, 0.1) is 5.41 Å². The SMILES string of the molecule is N=c1c(C(N)=O)cc(Cl)cn1Cc1ccc(Cl)cc1Cl.O=C(O)C(F)(F)F. The highest BCUT2D eigenvalue weighted by molar-refractivity contribution is 6.35. The number of nitrogens with two attached hydrogens (primary N) is 1. The molecule has 0 bridgehead atoms. The normalized spacial score (nSPS) is 10.7. The largest absolute Gasteiger partial charge is 0.490 e. The minimum absolute atomic E-state index is 0.0204.